The zero-order valence-corrected chi connectivity index (χ0v) is 10.4. The number of carbonyl (C=O) groups excluding carboxylic acids is 1. The second-order valence-corrected chi connectivity index (χ2v) is 3.91. The number of hydrogen-bond acceptors (Lipinski definition) is 3. The van der Waals surface area contributed by atoms with E-state index in [2.05, 4.69) is 22.6 Å². The van der Waals surface area contributed by atoms with Crippen LogP contribution in [-0.2, 0) is 0 Å². The van der Waals surface area contributed by atoms with E-state index in [1.165, 1.54) is 6.92 Å². The van der Waals surface area contributed by atoms with Gasteiger partial charge in [0.05, 0.1) is 17.8 Å². The molecule has 0 aliphatic heterocycles. The molecule has 0 spiro atoms. The van der Waals surface area contributed by atoms with Gasteiger partial charge < -0.3 is 9.47 Å². The van der Waals surface area contributed by atoms with Crippen molar-refractivity contribution in [3.05, 3.63) is 21.3 Å². The van der Waals surface area contributed by atoms with Crippen molar-refractivity contribution in [2.75, 3.05) is 14.2 Å². The molecule has 0 heterocycles. The molecule has 4 heteroatoms. The van der Waals surface area contributed by atoms with Crippen LogP contribution in [0.15, 0.2) is 12.1 Å². The molecule has 0 atom stereocenters. The Bertz CT molecular complexity index is 361. The molecule has 0 fully saturated rings. The molecule has 0 unspecified atom stereocenters. The SMILES string of the molecule is COc1cc(C(C)=O)cc(I)c1OC. The van der Waals surface area contributed by atoms with Gasteiger partial charge in [0, 0.05) is 5.56 Å². The van der Waals surface area contributed by atoms with Crippen LogP contribution in [0.2, 0.25) is 0 Å². The van der Waals surface area contributed by atoms with Gasteiger partial charge in [-0.3, -0.25) is 4.79 Å². The summed E-state index contributed by atoms with van der Waals surface area (Å²) in [5, 5.41) is 0. The summed E-state index contributed by atoms with van der Waals surface area (Å²) in [4.78, 5) is 11.2. The fourth-order valence-electron chi connectivity index (χ4n) is 1.12. The largest absolute Gasteiger partial charge is 0.493 e. The number of rotatable bonds is 3. The molecule has 0 N–H and O–H groups in total. The van der Waals surface area contributed by atoms with E-state index in [0.717, 1.165) is 3.57 Å². The number of ether oxygens (including phenoxy) is 2. The van der Waals surface area contributed by atoms with Gasteiger partial charge in [-0.05, 0) is 41.6 Å². The third-order valence-electron chi connectivity index (χ3n) is 1.84. The van der Waals surface area contributed by atoms with Crippen LogP contribution in [-0.4, -0.2) is 20.0 Å². The Labute approximate surface area is 96.5 Å². The maximum Gasteiger partial charge on any atom is 0.174 e. The molecule has 76 valence electrons. The first-order valence-corrected chi connectivity index (χ1v) is 5.10. The third kappa shape index (κ3) is 2.17. The molecule has 1 aromatic carbocycles. The first-order chi connectivity index (χ1) is 6.60. The molecular weight excluding hydrogens is 295 g/mol. The zero-order chi connectivity index (χ0) is 10.7. The molecule has 0 aliphatic carbocycles. The van der Waals surface area contributed by atoms with E-state index >= 15 is 0 Å². The van der Waals surface area contributed by atoms with Gasteiger partial charge in [-0.25, -0.2) is 0 Å². The van der Waals surface area contributed by atoms with Crippen molar-refractivity contribution in [2.24, 2.45) is 0 Å². The fraction of sp³-hybridized carbons (Fsp3) is 0.300. The molecule has 0 radical (unpaired) electrons. The minimum Gasteiger partial charge on any atom is -0.493 e. The van der Waals surface area contributed by atoms with Gasteiger partial charge >= 0.3 is 0 Å². The van der Waals surface area contributed by atoms with E-state index < -0.39 is 0 Å². The van der Waals surface area contributed by atoms with Crippen molar-refractivity contribution in [3.63, 3.8) is 0 Å². The van der Waals surface area contributed by atoms with Crippen molar-refractivity contribution >= 4 is 28.4 Å². The second-order valence-electron chi connectivity index (χ2n) is 2.75. The number of hydrogen-bond donors (Lipinski definition) is 0. The number of benzene rings is 1. The smallest absolute Gasteiger partial charge is 0.174 e. The maximum atomic E-state index is 11.2. The molecule has 1 rings (SSSR count). The van der Waals surface area contributed by atoms with Gasteiger partial charge in [0.25, 0.3) is 0 Å². The summed E-state index contributed by atoms with van der Waals surface area (Å²) >= 11 is 2.11. The lowest BCUT2D eigenvalue weighted by Crippen LogP contribution is -1.98. The molecular formula is C10H11IO3. The van der Waals surface area contributed by atoms with Crippen LogP contribution in [0, 0.1) is 3.57 Å². The summed E-state index contributed by atoms with van der Waals surface area (Å²) in [6, 6.07) is 3.47. The van der Waals surface area contributed by atoms with E-state index in [1.54, 1.807) is 26.4 Å². The Morgan fingerprint density at radius 2 is 1.93 bits per heavy atom. The standard InChI is InChI=1S/C10H11IO3/c1-6(12)7-4-8(11)10(14-3)9(5-7)13-2/h4-5H,1-3H3. The topological polar surface area (TPSA) is 35.5 Å². The average molecular weight is 306 g/mol. The van der Waals surface area contributed by atoms with Crippen LogP contribution in [0.5, 0.6) is 11.5 Å². The summed E-state index contributed by atoms with van der Waals surface area (Å²) in [6.45, 7) is 1.53. The van der Waals surface area contributed by atoms with Crippen LogP contribution < -0.4 is 9.47 Å². The van der Waals surface area contributed by atoms with Crippen molar-refractivity contribution in [1.29, 1.82) is 0 Å². The molecule has 0 bridgehead atoms. The Morgan fingerprint density at radius 1 is 1.29 bits per heavy atom. The van der Waals surface area contributed by atoms with Gasteiger partial charge in [0.15, 0.2) is 17.3 Å². The first kappa shape index (κ1) is 11.3. The van der Waals surface area contributed by atoms with E-state index in [1.807, 2.05) is 0 Å². The van der Waals surface area contributed by atoms with E-state index in [9.17, 15) is 4.79 Å². The second kappa shape index (κ2) is 4.63. The highest BCUT2D eigenvalue weighted by atomic mass is 127. The fourth-order valence-corrected chi connectivity index (χ4v) is 1.94. The summed E-state index contributed by atoms with van der Waals surface area (Å²) in [5.41, 5.74) is 0.632. The van der Waals surface area contributed by atoms with Crippen LogP contribution in [0.4, 0.5) is 0 Å². The molecule has 14 heavy (non-hydrogen) atoms. The normalized spacial score (nSPS) is 9.71. The van der Waals surface area contributed by atoms with Gasteiger partial charge in [-0.2, -0.15) is 0 Å². The lowest BCUT2D eigenvalue weighted by Gasteiger charge is -2.10. The number of methoxy groups -OCH3 is 2. The molecule has 0 saturated carbocycles. The monoisotopic (exact) mass is 306 g/mol. The lowest BCUT2D eigenvalue weighted by atomic mass is 10.1. The predicted octanol–water partition coefficient (Wildman–Crippen LogP) is 2.51. The highest BCUT2D eigenvalue weighted by Gasteiger charge is 2.11. The minimum absolute atomic E-state index is 0.0175. The van der Waals surface area contributed by atoms with Gasteiger partial charge in [-0.15, -0.1) is 0 Å². The van der Waals surface area contributed by atoms with E-state index in [4.69, 9.17) is 9.47 Å². The molecule has 1 aromatic rings. The number of halogens is 1. The van der Waals surface area contributed by atoms with Crippen molar-refractivity contribution in [2.45, 2.75) is 6.92 Å². The van der Waals surface area contributed by atoms with E-state index in [0.29, 0.717) is 17.1 Å². The summed E-state index contributed by atoms with van der Waals surface area (Å²) in [6.07, 6.45) is 0. The predicted molar refractivity (Wildman–Crippen MR) is 62.3 cm³/mol. The van der Waals surface area contributed by atoms with E-state index in [-0.39, 0.29) is 5.78 Å². The zero-order valence-electron chi connectivity index (χ0n) is 8.26. The van der Waals surface area contributed by atoms with Crippen LogP contribution in [0.25, 0.3) is 0 Å². The minimum atomic E-state index is 0.0175. The Hall–Kier alpha value is -0.780. The summed E-state index contributed by atoms with van der Waals surface area (Å²) in [7, 11) is 3.13. The summed E-state index contributed by atoms with van der Waals surface area (Å²) in [5.74, 6) is 1.27. The Kier molecular flexibility index (Phi) is 3.74. The van der Waals surface area contributed by atoms with Gasteiger partial charge in [0.2, 0.25) is 0 Å². The first-order valence-electron chi connectivity index (χ1n) is 4.02. The van der Waals surface area contributed by atoms with Crippen LogP contribution in [0.1, 0.15) is 17.3 Å². The van der Waals surface area contributed by atoms with Gasteiger partial charge in [-0.1, -0.05) is 0 Å². The molecule has 0 saturated heterocycles. The number of ketones is 1. The number of Topliss-reactive ketones (excluding diaryl/α,β-unsaturated/α-hetero) is 1. The Balaban J connectivity index is 3.31. The maximum absolute atomic E-state index is 11.2. The van der Waals surface area contributed by atoms with Gasteiger partial charge in [0.1, 0.15) is 0 Å². The molecule has 0 aromatic heterocycles. The van der Waals surface area contributed by atoms with Crippen LogP contribution in [0.3, 0.4) is 0 Å². The highest BCUT2D eigenvalue weighted by Crippen LogP contribution is 2.33. The Morgan fingerprint density at radius 3 is 2.36 bits per heavy atom. The third-order valence-corrected chi connectivity index (χ3v) is 2.64. The van der Waals surface area contributed by atoms with Crippen LogP contribution >= 0.6 is 22.6 Å². The van der Waals surface area contributed by atoms with Crippen molar-refractivity contribution < 1.29 is 14.3 Å². The molecule has 3 nitrogen and oxygen atoms in total. The highest BCUT2D eigenvalue weighted by molar-refractivity contribution is 14.1. The molecule has 0 aliphatic rings. The molecule has 0 amide bonds. The lowest BCUT2D eigenvalue weighted by molar-refractivity contribution is 0.101. The quantitative estimate of drug-likeness (QED) is 0.636. The van der Waals surface area contributed by atoms with Crippen molar-refractivity contribution in [3.8, 4) is 11.5 Å². The summed E-state index contributed by atoms with van der Waals surface area (Å²) < 4.78 is 11.2. The van der Waals surface area contributed by atoms with Crippen molar-refractivity contribution in [1.82, 2.24) is 0 Å². The average Bonchev–Trinajstić information content (AvgIpc) is 2.16. The number of carbonyl (C=O) groups is 1.